The second-order valence-electron chi connectivity index (χ2n) is 8.93. The number of carbonyl (C=O) groups is 1. The van der Waals surface area contributed by atoms with Crippen molar-refractivity contribution >= 4 is 23.1 Å². The average Bonchev–Trinajstić information content (AvgIpc) is 3.44. The molecule has 33 heavy (non-hydrogen) atoms. The van der Waals surface area contributed by atoms with E-state index in [4.69, 9.17) is 0 Å². The fourth-order valence-corrected chi connectivity index (χ4v) is 4.64. The summed E-state index contributed by atoms with van der Waals surface area (Å²) >= 11 is 0. The molecule has 11 heteroatoms. The topological polar surface area (TPSA) is 92.4 Å². The third-order valence-corrected chi connectivity index (χ3v) is 6.61. The van der Waals surface area contributed by atoms with Crippen LogP contribution >= 0.6 is 0 Å². The number of fused-ring (bicyclic) bond motifs is 1. The smallest absolute Gasteiger partial charge is 0.284 e. The molecular weight excluding hydrogens is 430 g/mol. The minimum atomic E-state index is -2.79. The average molecular weight is 459 g/mol. The highest BCUT2D eigenvalue weighted by atomic mass is 19.3. The quantitative estimate of drug-likeness (QED) is 0.610. The predicted molar refractivity (Wildman–Crippen MR) is 120 cm³/mol. The summed E-state index contributed by atoms with van der Waals surface area (Å²) in [6.07, 6.45) is 5.78. The van der Waals surface area contributed by atoms with Crippen LogP contribution in [0, 0.1) is 5.92 Å². The zero-order valence-corrected chi connectivity index (χ0v) is 18.5. The van der Waals surface area contributed by atoms with Crippen LogP contribution in [0.3, 0.4) is 0 Å². The first-order valence-corrected chi connectivity index (χ1v) is 11.5. The van der Waals surface area contributed by atoms with E-state index >= 15 is 0 Å². The number of nitrogens with zero attached hydrogens (tertiary/aromatic N) is 6. The molecule has 3 aromatic rings. The number of piperazine rings is 1. The van der Waals surface area contributed by atoms with Crippen LogP contribution in [0.25, 0.3) is 5.65 Å². The van der Waals surface area contributed by atoms with Crippen molar-refractivity contribution in [3.63, 3.8) is 0 Å². The lowest BCUT2D eigenvalue weighted by atomic mass is 9.87. The van der Waals surface area contributed by atoms with Gasteiger partial charge in [-0.15, -0.1) is 0 Å². The normalized spacial score (nSPS) is 21.6. The number of hydrogen-bond acceptors (Lipinski definition) is 6. The molecule has 176 valence electrons. The lowest BCUT2D eigenvalue weighted by Gasteiger charge is -2.28. The molecule has 0 aromatic carbocycles. The van der Waals surface area contributed by atoms with Gasteiger partial charge >= 0.3 is 0 Å². The number of hydrogen-bond donors (Lipinski definition) is 2. The Kier molecular flexibility index (Phi) is 5.96. The molecule has 0 atom stereocenters. The van der Waals surface area contributed by atoms with Crippen molar-refractivity contribution in [1.29, 1.82) is 0 Å². The highest BCUT2D eigenvalue weighted by molar-refractivity contribution is 6.08. The van der Waals surface area contributed by atoms with Crippen LogP contribution < -0.4 is 15.5 Å². The molecule has 0 unspecified atom stereocenters. The van der Waals surface area contributed by atoms with E-state index in [1.165, 1.54) is 16.9 Å². The van der Waals surface area contributed by atoms with Gasteiger partial charge in [-0.1, -0.05) is 6.92 Å². The Morgan fingerprint density at radius 3 is 2.70 bits per heavy atom. The first kappa shape index (κ1) is 21.7. The molecule has 1 aliphatic carbocycles. The van der Waals surface area contributed by atoms with E-state index in [-0.39, 0.29) is 17.3 Å². The highest BCUT2D eigenvalue weighted by Crippen LogP contribution is 2.34. The summed E-state index contributed by atoms with van der Waals surface area (Å²) in [4.78, 5) is 19.8. The van der Waals surface area contributed by atoms with E-state index in [0.717, 1.165) is 57.7 Å². The van der Waals surface area contributed by atoms with Gasteiger partial charge in [0, 0.05) is 38.6 Å². The molecule has 4 heterocycles. The van der Waals surface area contributed by atoms with Crippen molar-refractivity contribution in [2.24, 2.45) is 5.92 Å². The van der Waals surface area contributed by atoms with Gasteiger partial charge in [-0.05, 0) is 37.7 Å². The van der Waals surface area contributed by atoms with E-state index < -0.39 is 18.0 Å². The summed E-state index contributed by atoms with van der Waals surface area (Å²) in [5, 5.41) is 14.3. The lowest BCUT2D eigenvalue weighted by molar-refractivity contribution is 0.102. The van der Waals surface area contributed by atoms with E-state index in [1.54, 1.807) is 10.9 Å². The van der Waals surface area contributed by atoms with Gasteiger partial charge < -0.3 is 15.5 Å². The fraction of sp³-hybridized carbons (Fsp3) is 0.545. The van der Waals surface area contributed by atoms with Crippen LogP contribution in [0.15, 0.2) is 24.7 Å². The van der Waals surface area contributed by atoms with Gasteiger partial charge in [0.15, 0.2) is 11.3 Å². The third kappa shape index (κ3) is 4.41. The van der Waals surface area contributed by atoms with E-state index in [2.05, 4.69) is 37.6 Å². The van der Waals surface area contributed by atoms with Crippen molar-refractivity contribution in [3.8, 4) is 0 Å². The molecule has 2 N–H and O–H groups in total. The van der Waals surface area contributed by atoms with E-state index in [1.807, 2.05) is 6.07 Å². The van der Waals surface area contributed by atoms with Gasteiger partial charge in [0.25, 0.3) is 12.3 Å². The molecule has 0 radical (unpaired) electrons. The summed E-state index contributed by atoms with van der Waals surface area (Å²) in [5.41, 5.74) is 0.237. The van der Waals surface area contributed by atoms with Crippen molar-refractivity contribution in [2.75, 3.05) is 36.4 Å². The molecule has 1 saturated heterocycles. The first-order valence-electron chi connectivity index (χ1n) is 11.5. The Balaban J connectivity index is 1.40. The Bertz CT molecular complexity index is 1130. The number of aromatic nitrogens is 5. The molecule has 1 saturated carbocycles. The van der Waals surface area contributed by atoms with Gasteiger partial charge in [0.1, 0.15) is 11.4 Å². The summed E-state index contributed by atoms with van der Waals surface area (Å²) in [5.74, 6) is 0.861. The summed E-state index contributed by atoms with van der Waals surface area (Å²) in [6.45, 7) is 5.55. The minimum absolute atomic E-state index is 0.0335. The Morgan fingerprint density at radius 1 is 1.21 bits per heavy atom. The number of rotatable bonds is 5. The second kappa shape index (κ2) is 9.05. The SMILES string of the molecule is CC1CCC(n2cc(NC(=O)c3cnn4ccc(N5CCNCC5)nc34)c(C(F)F)n2)CC1. The Morgan fingerprint density at radius 2 is 1.97 bits per heavy atom. The minimum Gasteiger partial charge on any atom is -0.354 e. The van der Waals surface area contributed by atoms with Gasteiger partial charge in [-0.3, -0.25) is 9.48 Å². The van der Waals surface area contributed by atoms with Crippen LogP contribution in [0.5, 0.6) is 0 Å². The Labute approximate surface area is 190 Å². The van der Waals surface area contributed by atoms with Crippen molar-refractivity contribution in [1.82, 2.24) is 29.7 Å². The van der Waals surface area contributed by atoms with Gasteiger partial charge in [-0.2, -0.15) is 10.2 Å². The van der Waals surface area contributed by atoms with Crippen molar-refractivity contribution in [3.05, 3.63) is 35.9 Å². The van der Waals surface area contributed by atoms with Crippen LogP contribution in [0.4, 0.5) is 20.3 Å². The first-order chi connectivity index (χ1) is 16.0. The monoisotopic (exact) mass is 458 g/mol. The van der Waals surface area contributed by atoms with Crippen molar-refractivity contribution < 1.29 is 13.6 Å². The van der Waals surface area contributed by atoms with E-state index in [0.29, 0.717) is 11.6 Å². The van der Waals surface area contributed by atoms with Gasteiger partial charge in [0.2, 0.25) is 0 Å². The molecule has 3 aromatic heterocycles. The molecule has 2 aliphatic rings. The maximum absolute atomic E-state index is 13.7. The number of nitrogens with one attached hydrogen (secondary N) is 2. The maximum Gasteiger partial charge on any atom is 0.284 e. The number of carbonyl (C=O) groups excluding carboxylic acids is 1. The van der Waals surface area contributed by atoms with Crippen LogP contribution in [0.2, 0.25) is 0 Å². The molecule has 0 bridgehead atoms. The Hall–Kier alpha value is -3.08. The van der Waals surface area contributed by atoms with Crippen molar-refractivity contribution in [2.45, 2.75) is 45.1 Å². The molecule has 5 rings (SSSR count). The fourth-order valence-electron chi connectivity index (χ4n) is 4.64. The molecule has 9 nitrogen and oxygen atoms in total. The molecule has 2 fully saturated rings. The van der Waals surface area contributed by atoms with Gasteiger partial charge in [0.05, 0.1) is 17.9 Å². The number of halogens is 2. The number of amides is 1. The summed E-state index contributed by atoms with van der Waals surface area (Å²) < 4.78 is 30.5. The number of anilines is 2. The standard InChI is InChI=1S/C22H28F2N8O/c1-14-2-4-15(5-3-14)32-13-17(19(29-32)20(23)24)27-22(33)16-12-26-31-9-6-18(28-21(16)31)30-10-7-25-8-11-30/h6,9,12-15,20,25H,2-5,7-8,10-11H2,1H3,(H,27,33). The highest BCUT2D eigenvalue weighted by Gasteiger charge is 2.26. The number of alkyl halides is 2. The van der Waals surface area contributed by atoms with Gasteiger partial charge in [-0.25, -0.2) is 18.3 Å². The summed E-state index contributed by atoms with van der Waals surface area (Å²) in [7, 11) is 0. The van der Waals surface area contributed by atoms with Crippen LogP contribution in [-0.2, 0) is 0 Å². The third-order valence-electron chi connectivity index (χ3n) is 6.61. The second-order valence-corrected chi connectivity index (χ2v) is 8.93. The lowest BCUT2D eigenvalue weighted by Crippen LogP contribution is -2.43. The maximum atomic E-state index is 13.7. The zero-order valence-electron chi connectivity index (χ0n) is 18.5. The van der Waals surface area contributed by atoms with E-state index in [9.17, 15) is 13.6 Å². The van der Waals surface area contributed by atoms with Crippen LogP contribution in [-0.4, -0.2) is 56.5 Å². The molecular formula is C22H28F2N8O. The molecule has 1 amide bonds. The van der Waals surface area contributed by atoms with Crippen LogP contribution in [0.1, 0.15) is 61.1 Å². The zero-order chi connectivity index (χ0) is 22.9. The predicted octanol–water partition coefficient (Wildman–Crippen LogP) is 3.28. The molecule has 0 spiro atoms. The molecule has 1 aliphatic heterocycles. The summed E-state index contributed by atoms with van der Waals surface area (Å²) in [6, 6.07) is 1.93. The largest absolute Gasteiger partial charge is 0.354 e.